The Hall–Kier alpha value is -1.95. The molecule has 0 aliphatic heterocycles. The van der Waals surface area contributed by atoms with Crippen LogP contribution in [-0.2, 0) is 4.79 Å². The number of carboxylic acids is 1. The summed E-state index contributed by atoms with van der Waals surface area (Å²) in [6.45, 7) is 2.10. The summed E-state index contributed by atoms with van der Waals surface area (Å²) in [6.07, 6.45) is 19.8. The van der Waals surface area contributed by atoms with E-state index in [0.717, 1.165) is 19.3 Å². The van der Waals surface area contributed by atoms with Crippen molar-refractivity contribution < 1.29 is 25.2 Å². The SMILES string of the molecule is CCCCCC(O)C(O)/C=C/C=C\C=C/C=C/C(O)C/C=C\CCC(=O)O. The summed E-state index contributed by atoms with van der Waals surface area (Å²) in [5, 5.41) is 37.8. The first-order valence-corrected chi connectivity index (χ1v) is 9.56. The molecule has 0 radical (unpaired) electrons. The number of rotatable bonds is 15. The number of aliphatic hydroxyl groups is 3. The van der Waals surface area contributed by atoms with Crippen LogP contribution in [0.1, 0.15) is 51.9 Å². The van der Waals surface area contributed by atoms with E-state index in [1.165, 1.54) is 0 Å². The fraction of sp³-hybridized carbons (Fsp3) is 0.500. The summed E-state index contributed by atoms with van der Waals surface area (Å²) in [4.78, 5) is 10.3. The molecule has 0 aliphatic carbocycles. The topological polar surface area (TPSA) is 98.0 Å². The third kappa shape index (κ3) is 17.2. The number of hydrogen-bond acceptors (Lipinski definition) is 4. The lowest BCUT2D eigenvalue weighted by molar-refractivity contribution is -0.136. The molecule has 0 spiro atoms. The molecule has 3 atom stereocenters. The molecule has 0 aliphatic rings. The zero-order valence-corrected chi connectivity index (χ0v) is 16.2. The smallest absolute Gasteiger partial charge is 0.303 e. The Bertz CT molecular complexity index is 517. The van der Waals surface area contributed by atoms with Crippen LogP contribution >= 0.6 is 0 Å². The molecule has 0 rings (SSSR count). The van der Waals surface area contributed by atoms with Crippen LogP contribution in [0.15, 0.2) is 60.8 Å². The molecule has 0 aromatic rings. The van der Waals surface area contributed by atoms with Gasteiger partial charge in [-0.2, -0.15) is 0 Å². The van der Waals surface area contributed by atoms with E-state index in [2.05, 4.69) is 6.92 Å². The minimum Gasteiger partial charge on any atom is -0.481 e. The quantitative estimate of drug-likeness (QED) is 0.198. The Morgan fingerprint density at radius 2 is 1.52 bits per heavy atom. The molecule has 5 nitrogen and oxygen atoms in total. The molecule has 0 fully saturated rings. The van der Waals surface area contributed by atoms with E-state index >= 15 is 0 Å². The van der Waals surface area contributed by atoms with Gasteiger partial charge in [-0.3, -0.25) is 4.79 Å². The molecule has 0 aromatic carbocycles. The maximum Gasteiger partial charge on any atom is 0.303 e. The van der Waals surface area contributed by atoms with Gasteiger partial charge in [0.1, 0.15) is 0 Å². The number of aliphatic hydroxyl groups excluding tert-OH is 3. The first-order chi connectivity index (χ1) is 13.0. The molecular weight excluding hydrogens is 344 g/mol. The Kier molecular flexibility index (Phi) is 16.2. The van der Waals surface area contributed by atoms with E-state index in [9.17, 15) is 20.1 Å². The highest BCUT2D eigenvalue weighted by Crippen LogP contribution is 2.07. The van der Waals surface area contributed by atoms with Crippen molar-refractivity contribution in [2.75, 3.05) is 0 Å². The van der Waals surface area contributed by atoms with Crippen LogP contribution in [0, 0.1) is 0 Å². The van der Waals surface area contributed by atoms with Crippen LogP contribution in [0.4, 0.5) is 0 Å². The molecule has 0 bridgehead atoms. The molecule has 0 saturated carbocycles. The third-order valence-corrected chi connectivity index (χ3v) is 3.76. The number of carbonyl (C=O) groups is 1. The number of allylic oxidation sites excluding steroid dienone is 7. The molecule has 0 aromatic heterocycles. The Balaban J connectivity index is 3.98. The first-order valence-electron chi connectivity index (χ1n) is 9.56. The largest absolute Gasteiger partial charge is 0.481 e. The lowest BCUT2D eigenvalue weighted by Gasteiger charge is -2.13. The van der Waals surface area contributed by atoms with Crippen LogP contribution < -0.4 is 0 Å². The highest BCUT2D eigenvalue weighted by atomic mass is 16.4. The number of hydrogen-bond donors (Lipinski definition) is 4. The second kappa shape index (κ2) is 17.5. The Labute approximate surface area is 162 Å². The first kappa shape index (κ1) is 25.1. The monoisotopic (exact) mass is 378 g/mol. The Morgan fingerprint density at radius 3 is 2.15 bits per heavy atom. The highest BCUT2D eigenvalue weighted by molar-refractivity contribution is 5.66. The van der Waals surface area contributed by atoms with E-state index in [1.807, 2.05) is 0 Å². The molecule has 27 heavy (non-hydrogen) atoms. The van der Waals surface area contributed by atoms with E-state index in [4.69, 9.17) is 5.11 Å². The summed E-state index contributed by atoms with van der Waals surface area (Å²) >= 11 is 0. The summed E-state index contributed by atoms with van der Waals surface area (Å²) in [7, 11) is 0. The zero-order chi connectivity index (χ0) is 20.3. The van der Waals surface area contributed by atoms with Crippen molar-refractivity contribution in [3.63, 3.8) is 0 Å². The van der Waals surface area contributed by atoms with Crippen LogP contribution in [0.3, 0.4) is 0 Å². The van der Waals surface area contributed by atoms with Crippen molar-refractivity contribution in [3.8, 4) is 0 Å². The molecule has 0 amide bonds. The van der Waals surface area contributed by atoms with Gasteiger partial charge in [-0.1, -0.05) is 86.9 Å². The van der Waals surface area contributed by atoms with Crippen LogP contribution in [0.25, 0.3) is 0 Å². The predicted octanol–water partition coefficient (Wildman–Crippen LogP) is 3.69. The lowest BCUT2D eigenvalue weighted by atomic mass is 10.1. The molecule has 0 heterocycles. The van der Waals surface area contributed by atoms with E-state index in [1.54, 1.807) is 60.8 Å². The molecule has 5 heteroatoms. The van der Waals surface area contributed by atoms with Gasteiger partial charge in [-0.25, -0.2) is 0 Å². The van der Waals surface area contributed by atoms with E-state index in [-0.39, 0.29) is 6.42 Å². The van der Waals surface area contributed by atoms with Crippen LogP contribution in [0.5, 0.6) is 0 Å². The molecule has 4 N–H and O–H groups in total. The zero-order valence-electron chi connectivity index (χ0n) is 16.2. The van der Waals surface area contributed by atoms with Gasteiger partial charge in [0.25, 0.3) is 0 Å². The fourth-order valence-corrected chi connectivity index (χ4v) is 2.17. The van der Waals surface area contributed by atoms with E-state index < -0.39 is 24.3 Å². The van der Waals surface area contributed by atoms with Gasteiger partial charge in [0.15, 0.2) is 0 Å². The molecular formula is C22H34O5. The van der Waals surface area contributed by atoms with Crippen molar-refractivity contribution in [1.29, 1.82) is 0 Å². The second-order valence-corrected chi connectivity index (χ2v) is 6.30. The summed E-state index contributed by atoms with van der Waals surface area (Å²) in [5.41, 5.74) is 0. The number of carboxylic acid groups (broad SMARTS) is 1. The van der Waals surface area contributed by atoms with Crippen molar-refractivity contribution in [1.82, 2.24) is 0 Å². The van der Waals surface area contributed by atoms with Gasteiger partial charge in [0.2, 0.25) is 0 Å². The highest BCUT2D eigenvalue weighted by Gasteiger charge is 2.11. The molecule has 0 saturated heterocycles. The van der Waals surface area contributed by atoms with Crippen molar-refractivity contribution in [2.45, 2.75) is 70.2 Å². The summed E-state index contributed by atoms with van der Waals surface area (Å²) in [6, 6.07) is 0. The minimum atomic E-state index is -0.853. The summed E-state index contributed by atoms with van der Waals surface area (Å²) in [5.74, 6) is -0.828. The van der Waals surface area contributed by atoms with Gasteiger partial charge in [-0.15, -0.1) is 0 Å². The van der Waals surface area contributed by atoms with Crippen molar-refractivity contribution >= 4 is 5.97 Å². The van der Waals surface area contributed by atoms with Gasteiger partial charge in [0.05, 0.1) is 18.3 Å². The Morgan fingerprint density at radius 1 is 0.889 bits per heavy atom. The van der Waals surface area contributed by atoms with Gasteiger partial charge < -0.3 is 20.4 Å². The standard InChI is InChI=1S/C22H34O5/c1-2-3-9-16-20(24)21(25)17-12-7-5-4-6-10-14-19(23)15-11-8-13-18-22(26)27/h4-8,10-12,14,17,19-21,23-25H,2-3,9,13,15-16,18H2,1H3,(H,26,27)/b6-4-,7-5-,11-8-,14-10+,17-12+. The lowest BCUT2D eigenvalue weighted by Crippen LogP contribution is -2.23. The van der Waals surface area contributed by atoms with Crippen molar-refractivity contribution in [3.05, 3.63) is 60.8 Å². The fourth-order valence-electron chi connectivity index (χ4n) is 2.17. The normalized spacial score (nSPS) is 16.3. The summed E-state index contributed by atoms with van der Waals surface area (Å²) < 4.78 is 0. The second-order valence-electron chi connectivity index (χ2n) is 6.30. The van der Waals surface area contributed by atoms with Gasteiger partial charge in [0, 0.05) is 6.42 Å². The third-order valence-electron chi connectivity index (χ3n) is 3.76. The predicted molar refractivity (Wildman–Crippen MR) is 109 cm³/mol. The van der Waals surface area contributed by atoms with Crippen LogP contribution in [-0.4, -0.2) is 44.7 Å². The molecule has 152 valence electrons. The van der Waals surface area contributed by atoms with E-state index in [0.29, 0.717) is 19.3 Å². The number of aliphatic carboxylic acids is 1. The minimum absolute atomic E-state index is 0.0980. The van der Waals surface area contributed by atoms with Crippen LogP contribution in [0.2, 0.25) is 0 Å². The maximum atomic E-state index is 10.3. The van der Waals surface area contributed by atoms with Crippen molar-refractivity contribution in [2.24, 2.45) is 0 Å². The maximum absolute atomic E-state index is 10.3. The van der Waals surface area contributed by atoms with Gasteiger partial charge in [-0.05, 0) is 19.3 Å². The molecule has 3 unspecified atom stereocenters. The average molecular weight is 379 g/mol. The average Bonchev–Trinajstić information content (AvgIpc) is 2.63. The number of unbranched alkanes of at least 4 members (excludes halogenated alkanes) is 2. The van der Waals surface area contributed by atoms with Gasteiger partial charge >= 0.3 is 5.97 Å².